The number of Topliss-reactive ketones (excluding diaryl/α,β-unsaturated/α-hetero) is 1. The Morgan fingerprint density at radius 2 is 1.52 bits per heavy atom. The van der Waals surface area contributed by atoms with Gasteiger partial charge in [-0.2, -0.15) is 13.3 Å². The number of carbonyl (C=O) groups excluding carboxylic acids is 1. The maximum atomic E-state index is 11.6. The third kappa shape index (κ3) is 7.94. The normalized spacial score (nSPS) is 28.2. The van der Waals surface area contributed by atoms with Crippen LogP contribution in [0.25, 0.3) is 0 Å². The number of rotatable bonds is 2. The third-order valence-electron chi connectivity index (χ3n) is 5.80. The monoisotopic (exact) mass is 515 g/mol. The fraction of sp³-hybridized carbons (Fsp3) is 0.739. The Morgan fingerprint density at radius 3 is 1.92 bits per heavy atom. The van der Waals surface area contributed by atoms with Crippen LogP contribution in [0.1, 0.15) is 87.0 Å². The Kier molecular flexibility index (Phi) is 9.62. The molecule has 2 unspecified atom stereocenters. The largest absolute Gasteiger partial charge is 0.309 e. The minimum absolute atomic E-state index is 0. The van der Waals surface area contributed by atoms with Crippen molar-refractivity contribution in [2.75, 3.05) is 0 Å². The molecule has 2 fully saturated rings. The van der Waals surface area contributed by atoms with E-state index in [1.54, 1.807) is 5.92 Å². The second-order valence-corrected chi connectivity index (χ2v) is 9.87. The summed E-state index contributed by atoms with van der Waals surface area (Å²) in [5.41, 5.74) is 3.15. The molecule has 0 aromatic heterocycles. The van der Waals surface area contributed by atoms with Crippen molar-refractivity contribution < 1.29 is 25.9 Å². The molecular weight excluding hydrogens is 476 g/mol. The zero-order chi connectivity index (χ0) is 18.7. The van der Waals surface area contributed by atoms with Crippen LogP contribution < -0.4 is 0 Å². The molecule has 0 aliphatic heterocycles. The van der Waals surface area contributed by atoms with Gasteiger partial charge in [0.15, 0.2) is 0 Å². The molecule has 2 saturated carbocycles. The van der Waals surface area contributed by atoms with Crippen LogP contribution in [-0.2, 0) is 25.9 Å². The Balaban J connectivity index is 0.000000443. The van der Waals surface area contributed by atoms with Gasteiger partial charge in [-0.3, -0.25) is 4.79 Å². The van der Waals surface area contributed by atoms with E-state index in [1.165, 1.54) is 24.8 Å². The van der Waals surface area contributed by atoms with Crippen molar-refractivity contribution in [1.29, 1.82) is 0 Å². The van der Waals surface area contributed by atoms with E-state index >= 15 is 0 Å². The molecule has 2 atom stereocenters. The van der Waals surface area contributed by atoms with Gasteiger partial charge in [0.1, 0.15) is 5.78 Å². The van der Waals surface area contributed by atoms with Crippen molar-refractivity contribution in [1.82, 2.24) is 0 Å². The van der Waals surface area contributed by atoms with Crippen molar-refractivity contribution in [3.8, 4) is 0 Å². The predicted molar refractivity (Wildman–Crippen MR) is 106 cm³/mol. The van der Waals surface area contributed by atoms with E-state index in [-0.39, 0.29) is 32.4 Å². The molecule has 2 heteroatoms. The van der Waals surface area contributed by atoms with Gasteiger partial charge in [0.25, 0.3) is 0 Å². The van der Waals surface area contributed by atoms with Gasteiger partial charge in [0, 0.05) is 33.4 Å². The first kappa shape index (κ1) is 24.8. The van der Waals surface area contributed by atoms with E-state index < -0.39 is 0 Å². The van der Waals surface area contributed by atoms with Crippen LogP contribution in [0, 0.1) is 28.6 Å². The van der Waals surface area contributed by atoms with E-state index in [1.807, 2.05) is 6.92 Å². The second-order valence-electron chi connectivity index (χ2n) is 9.87. The average molecular weight is 515 g/mol. The van der Waals surface area contributed by atoms with Gasteiger partial charge in [-0.25, -0.2) is 0 Å². The van der Waals surface area contributed by atoms with Gasteiger partial charge >= 0.3 is 0 Å². The molecule has 0 bridgehead atoms. The number of ketones is 1. The molecule has 1 nitrogen and oxygen atoms in total. The molecule has 144 valence electrons. The maximum absolute atomic E-state index is 11.6. The molecule has 0 saturated heterocycles. The number of hydrogen-bond acceptors (Lipinski definition) is 1. The average Bonchev–Trinajstić information content (AvgIpc) is 2.35. The van der Waals surface area contributed by atoms with E-state index in [9.17, 15) is 4.79 Å². The molecule has 0 spiro atoms. The molecule has 2 aliphatic rings. The fourth-order valence-corrected chi connectivity index (χ4v) is 4.32. The summed E-state index contributed by atoms with van der Waals surface area (Å²) in [6, 6.07) is 0. The molecule has 0 aromatic rings. The second kappa shape index (κ2) is 9.68. The number of hydrogen-bond donors (Lipinski definition) is 0. The van der Waals surface area contributed by atoms with E-state index in [4.69, 9.17) is 0 Å². The summed E-state index contributed by atoms with van der Waals surface area (Å²) in [7, 11) is 0. The third-order valence-corrected chi connectivity index (χ3v) is 5.80. The Hall–Kier alpha value is -0.162. The quantitative estimate of drug-likeness (QED) is 0.288. The SMILES string of the molecule is C=C(C)C1CCC(C)(C)CC1=O.C=C(C)C1CCC(C)(C)C[C-]1C.[W]. The van der Waals surface area contributed by atoms with Gasteiger partial charge < -0.3 is 5.92 Å². The molecular formula is C23H39OW-. The summed E-state index contributed by atoms with van der Waals surface area (Å²) in [5, 5.41) is 0. The Morgan fingerprint density at radius 1 is 1.00 bits per heavy atom. The van der Waals surface area contributed by atoms with Crippen LogP contribution in [0.15, 0.2) is 24.3 Å². The smallest absolute Gasteiger partial charge is 0.140 e. The van der Waals surface area contributed by atoms with E-state index in [0.717, 1.165) is 24.8 Å². The van der Waals surface area contributed by atoms with Crippen LogP contribution >= 0.6 is 0 Å². The molecule has 0 N–H and O–H groups in total. The summed E-state index contributed by atoms with van der Waals surface area (Å²) in [6.07, 6.45) is 6.82. The Bertz CT molecular complexity index is 486. The van der Waals surface area contributed by atoms with Crippen molar-refractivity contribution in [3.63, 3.8) is 0 Å². The molecule has 2 rings (SSSR count). The number of allylic oxidation sites excluding steroid dienone is 2. The predicted octanol–water partition coefficient (Wildman–Crippen LogP) is 6.94. The van der Waals surface area contributed by atoms with Crippen molar-refractivity contribution in [2.45, 2.75) is 87.0 Å². The van der Waals surface area contributed by atoms with Crippen LogP contribution in [0.4, 0.5) is 0 Å². The topological polar surface area (TPSA) is 17.1 Å². The van der Waals surface area contributed by atoms with Crippen LogP contribution in [0.2, 0.25) is 0 Å². The summed E-state index contributed by atoms with van der Waals surface area (Å²) in [5.74, 6) is 2.88. The molecule has 0 aromatic carbocycles. The van der Waals surface area contributed by atoms with Crippen molar-refractivity contribution >= 4 is 5.78 Å². The van der Waals surface area contributed by atoms with Gasteiger partial charge in [-0.1, -0.05) is 58.1 Å². The molecule has 25 heavy (non-hydrogen) atoms. The van der Waals surface area contributed by atoms with Crippen LogP contribution in [0.3, 0.4) is 0 Å². The van der Waals surface area contributed by atoms with Crippen molar-refractivity contribution in [2.24, 2.45) is 22.7 Å². The van der Waals surface area contributed by atoms with Gasteiger partial charge in [0.2, 0.25) is 0 Å². The molecule has 0 radical (unpaired) electrons. The van der Waals surface area contributed by atoms with Crippen LogP contribution in [-0.4, -0.2) is 5.78 Å². The van der Waals surface area contributed by atoms with E-state index in [2.05, 4.69) is 54.7 Å². The minimum Gasteiger partial charge on any atom is -0.309 e. The van der Waals surface area contributed by atoms with Gasteiger partial charge in [-0.15, -0.1) is 18.1 Å². The zero-order valence-electron chi connectivity index (χ0n) is 17.6. The fourth-order valence-electron chi connectivity index (χ4n) is 4.32. The Labute approximate surface area is 171 Å². The first-order valence-corrected chi connectivity index (χ1v) is 9.50. The molecule has 2 aliphatic carbocycles. The first-order valence-electron chi connectivity index (χ1n) is 9.50. The summed E-state index contributed by atoms with van der Waals surface area (Å²) in [4.78, 5) is 11.6. The maximum Gasteiger partial charge on any atom is 0.140 e. The van der Waals surface area contributed by atoms with Crippen LogP contribution in [0.5, 0.6) is 0 Å². The minimum atomic E-state index is 0. The number of carbonyl (C=O) groups is 1. The molecule has 0 amide bonds. The van der Waals surface area contributed by atoms with Gasteiger partial charge in [0.05, 0.1) is 0 Å². The standard InChI is InChI=1S/C12H21.C11H18O.W/c1-9(2)11-6-7-12(4,5)8-10(11)3;1-8(2)9-5-6-11(3,4)7-10(9)12;/h11H,1,6-8H2,2-5H3;9H,1,5-7H2,2-4H3;/q-1;;. The van der Waals surface area contributed by atoms with E-state index in [0.29, 0.717) is 17.1 Å². The van der Waals surface area contributed by atoms with Gasteiger partial charge in [-0.05, 0) is 32.1 Å². The summed E-state index contributed by atoms with van der Waals surface area (Å²) < 4.78 is 0. The van der Waals surface area contributed by atoms with Crippen molar-refractivity contribution in [3.05, 3.63) is 30.2 Å². The molecule has 0 heterocycles. The summed E-state index contributed by atoms with van der Waals surface area (Å²) >= 11 is 0. The zero-order valence-corrected chi connectivity index (χ0v) is 20.6. The summed E-state index contributed by atoms with van der Waals surface area (Å²) in [6.45, 7) is 23.4. The first-order chi connectivity index (χ1) is 10.8.